The van der Waals surface area contributed by atoms with E-state index in [2.05, 4.69) is 100 Å². The lowest BCUT2D eigenvalue weighted by atomic mass is 9.92. The largest absolute Gasteiger partial charge is 0.489 e. The first-order chi connectivity index (χ1) is 33.3. The topological polar surface area (TPSA) is 108 Å². The highest BCUT2D eigenvalue weighted by molar-refractivity contribution is 6.99. The molecule has 372 valence electrons. The van der Waals surface area contributed by atoms with E-state index in [0.717, 1.165) is 37.0 Å². The first-order valence-electron chi connectivity index (χ1n) is 24.6. The Balaban J connectivity index is 1.05. The SMILES string of the molecule is Cc1nc2cc(/C=C\Cc3cc(F)c(F)cc3OCc3ccccc3)nn2c(N2CCC(C)(OCCCC[C@@H](C)O[Si](c3ccccc3)(c3ccccc3)C(C)(C)C)CC2)c1C(OC(C)(C)C)C(=O)O. The Hall–Kier alpha value is -5.73. The van der Waals surface area contributed by atoms with Gasteiger partial charge in [-0.15, -0.1) is 0 Å². The number of carboxylic acid groups (broad SMARTS) is 1. The van der Waals surface area contributed by atoms with Gasteiger partial charge >= 0.3 is 5.97 Å². The predicted molar refractivity (Wildman–Crippen MR) is 277 cm³/mol. The highest BCUT2D eigenvalue weighted by atomic mass is 28.4. The zero-order valence-corrected chi connectivity index (χ0v) is 43.3. The smallest absolute Gasteiger partial charge is 0.337 e. The van der Waals surface area contributed by atoms with Gasteiger partial charge in [-0.1, -0.05) is 118 Å². The Morgan fingerprint density at radius 2 is 1.47 bits per heavy atom. The van der Waals surface area contributed by atoms with Crippen LogP contribution in [0.4, 0.5) is 14.6 Å². The molecule has 2 aromatic heterocycles. The van der Waals surface area contributed by atoms with Gasteiger partial charge in [-0.25, -0.2) is 18.6 Å². The van der Waals surface area contributed by atoms with Crippen LogP contribution in [0, 0.1) is 18.6 Å². The fourth-order valence-electron chi connectivity index (χ4n) is 9.56. The molecular weight excluding hydrogens is 903 g/mol. The van der Waals surface area contributed by atoms with Crippen LogP contribution in [-0.4, -0.2) is 71.0 Å². The number of aromatic nitrogens is 3. The molecule has 4 aromatic carbocycles. The summed E-state index contributed by atoms with van der Waals surface area (Å²) in [6.45, 7) is 20.6. The molecule has 1 fully saturated rings. The van der Waals surface area contributed by atoms with Crippen LogP contribution < -0.4 is 20.0 Å². The van der Waals surface area contributed by atoms with Gasteiger partial charge in [0.1, 0.15) is 18.2 Å². The van der Waals surface area contributed by atoms with Crippen LogP contribution in [0.1, 0.15) is 122 Å². The quantitative estimate of drug-likeness (QED) is 0.0591. The second-order valence-corrected chi connectivity index (χ2v) is 25.1. The van der Waals surface area contributed by atoms with E-state index >= 15 is 0 Å². The van der Waals surface area contributed by atoms with Gasteiger partial charge in [0.05, 0.1) is 22.5 Å². The second-order valence-electron chi connectivity index (χ2n) is 20.8. The van der Waals surface area contributed by atoms with Crippen molar-refractivity contribution in [1.82, 2.24) is 14.6 Å². The number of unbranched alkanes of at least 4 members (excludes halogenated alkanes) is 1. The molecule has 0 amide bonds. The summed E-state index contributed by atoms with van der Waals surface area (Å²) < 4.78 is 56.8. The normalized spacial score (nSPS) is 15.4. The third-order valence-electron chi connectivity index (χ3n) is 13.1. The number of anilines is 1. The van der Waals surface area contributed by atoms with Crippen LogP contribution in [0.3, 0.4) is 0 Å². The van der Waals surface area contributed by atoms with Crippen LogP contribution in [-0.2, 0) is 31.7 Å². The Morgan fingerprint density at radius 3 is 2.06 bits per heavy atom. The number of aliphatic carboxylic acids is 1. The second kappa shape index (κ2) is 22.1. The Bertz CT molecular complexity index is 2670. The summed E-state index contributed by atoms with van der Waals surface area (Å²) in [6.07, 6.45) is 6.76. The molecule has 2 atom stereocenters. The summed E-state index contributed by atoms with van der Waals surface area (Å²) >= 11 is 0. The van der Waals surface area contributed by atoms with Crippen molar-refractivity contribution in [2.24, 2.45) is 0 Å². The monoisotopic (exact) mass is 973 g/mol. The summed E-state index contributed by atoms with van der Waals surface area (Å²) in [5.41, 5.74) is 2.27. The van der Waals surface area contributed by atoms with Crippen molar-refractivity contribution in [3.8, 4) is 5.75 Å². The van der Waals surface area contributed by atoms with E-state index in [4.69, 9.17) is 28.7 Å². The number of rotatable bonds is 20. The first kappa shape index (κ1) is 52.1. The van der Waals surface area contributed by atoms with Crippen molar-refractivity contribution in [2.75, 3.05) is 24.6 Å². The van der Waals surface area contributed by atoms with Gasteiger partial charge < -0.3 is 28.6 Å². The van der Waals surface area contributed by atoms with E-state index < -0.39 is 37.6 Å². The Kier molecular flexibility index (Phi) is 16.5. The minimum absolute atomic E-state index is 0.0483. The molecule has 6 aromatic rings. The molecule has 3 heterocycles. The summed E-state index contributed by atoms with van der Waals surface area (Å²) in [4.78, 5) is 20.1. The van der Waals surface area contributed by atoms with E-state index in [0.29, 0.717) is 66.5 Å². The van der Waals surface area contributed by atoms with Gasteiger partial charge in [0.2, 0.25) is 0 Å². The maximum atomic E-state index is 14.5. The molecule has 1 aliphatic rings. The molecule has 1 saturated heterocycles. The van der Waals surface area contributed by atoms with Crippen LogP contribution >= 0.6 is 0 Å². The zero-order valence-electron chi connectivity index (χ0n) is 42.3. The number of aryl methyl sites for hydroxylation is 1. The van der Waals surface area contributed by atoms with Crippen LogP contribution in [0.15, 0.2) is 115 Å². The molecule has 0 bridgehead atoms. The number of piperidine rings is 1. The number of hydrogen-bond acceptors (Lipinski definition) is 8. The molecule has 7 rings (SSSR count). The van der Waals surface area contributed by atoms with E-state index in [-0.39, 0.29) is 35.5 Å². The van der Waals surface area contributed by atoms with E-state index in [1.54, 1.807) is 17.5 Å². The maximum absolute atomic E-state index is 14.5. The lowest BCUT2D eigenvalue weighted by molar-refractivity contribution is -0.160. The minimum atomic E-state index is -2.66. The number of fused-ring (bicyclic) bond motifs is 1. The van der Waals surface area contributed by atoms with Crippen molar-refractivity contribution in [3.63, 3.8) is 0 Å². The van der Waals surface area contributed by atoms with Gasteiger partial charge in [0, 0.05) is 49.2 Å². The Labute approximate surface area is 413 Å². The van der Waals surface area contributed by atoms with E-state index in [9.17, 15) is 18.7 Å². The fourth-order valence-corrected chi connectivity index (χ4v) is 14.3. The molecule has 70 heavy (non-hydrogen) atoms. The number of ether oxygens (including phenoxy) is 3. The average Bonchev–Trinajstić information content (AvgIpc) is 3.72. The van der Waals surface area contributed by atoms with Gasteiger partial charge in [0.25, 0.3) is 8.32 Å². The third-order valence-corrected chi connectivity index (χ3v) is 18.3. The van der Waals surface area contributed by atoms with Gasteiger partial charge in [0.15, 0.2) is 23.4 Å². The molecule has 1 N–H and O–H groups in total. The van der Waals surface area contributed by atoms with Crippen LogP contribution in [0.5, 0.6) is 5.75 Å². The van der Waals surface area contributed by atoms with Gasteiger partial charge in [-0.05, 0) is 113 Å². The van der Waals surface area contributed by atoms with Crippen molar-refractivity contribution < 1.29 is 37.3 Å². The Morgan fingerprint density at radius 1 is 0.871 bits per heavy atom. The summed E-state index contributed by atoms with van der Waals surface area (Å²) in [5, 5.41) is 18.1. The van der Waals surface area contributed by atoms with Crippen molar-refractivity contribution in [2.45, 2.75) is 136 Å². The van der Waals surface area contributed by atoms with E-state index in [1.165, 1.54) is 10.4 Å². The number of benzene rings is 4. The highest BCUT2D eigenvalue weighted by Gasteiger charge is 2.51. The van der Waals surface area contributed by atoms with Gasteiger partial charge in [-0.2, -0.15) is 9.61 Å². The van der Waals surface area contributed by atoms with Crippen molar-refractivity contribution in [3.05, 3.63) is 155 Å². The number of hydrogen-bond donors (Lipinski definition) is 1. The number of carboxylic acids is 1. The van der Waals surface area contributed by atoms with Crippen molar-refractivity contribution in [1.29, 1.82) is 0 Å². The standard InChI is InChI=1S/C57H70F2N4O6Si/c1-40(69-70(56(6,7)8,45-27-15-11-16-28-45)46-29-17-12-18-30-46)22-19-20-35-67-57(9)31-33-62(34-32-57)53-51(52(54(64)65)68-55(3,4)5)41(2)60-50-37-44(61-63(50)53)26-21-25-43-36-47(58)48(59)38-49(43)66-39-42-23-13-10-14-24-42/h10-18,21,23-24,26-30,36-38,40,52H,19-20,22,25,31-35,39H2,1-9H3,(H,64,65)/b26-21-/t40-,52?/m1/s1. The zero-order chi connectivity index (χ0) is 50.3. The summed E-state index contributed by atoms with van der Waals surface area (Å²) in [5.74, 6) is -2.22. The molecule has 0 radical (unpaired) electrons. The van der Waals surface area contributed by atoms with Crippen LogP contribution in [0.2, 0.25) is 5.04 Å². The number of carbonyl (C=O) groups is 1. The van der Waals surface area contributed by atoms with Crippen LogP contribution in [0.25, 0.3) is 11.7 Å². The third kappa shape index (κ3) is 12.4. The minimum Gasteiger partial charge on any atom is -0.489 e. The molecule has 0 saturated carbocycles. The summed E-state index contributed by atoms with van der Waals surface area (Å²) in [7, 11) is -2.66. The van der Waals surface area contributed by atoms with E-state index in [1.807, 2.05) is 63.2 Å². The first-order valence-corrected chi connectivity index (χ1v) is 26.5. The molecule has 1 aliphatic heterocycles. The molecule has 0 aliphatic carbocycles. The maximum Gasteiger partial charge on any atom is 0.337 e. The average molecular weight is 973 g/mol. The van der Waals surface area contributed by atoms with Gasteiger partial charge in [-0.3, -0.25) is 0 Å². The molecular formula is C57H70F2N4O6Si. The lowest BCUT2D eigenvalue weighted by Crippen LogP contribution is -2.67. The summed E-state index contributed by atoms with van der Waals surface area (Å²) in [6, 6.07) is 35.1. The molecule has 0 spiro atoms. The number of nitrogens with zero attached hydrogens (tertiary/aromatic N) is 4. The van der Waals surface area contributed by atoms with Crippen molar-refractivity contribution >= 4 is 42.2 Å². The molecule has 1 unspecified atom stereocenters. The number of halogens is 2. The highest BCUT2D eigenvalue weighted by Crippen LogP contribution is 2.40. The molecule has 10 nitrogen and oxygen atoms in total. The number of allylic oxidation sites excluding steroid dienone is 1. The fraction of sp³-hybridized carbons (Fsp3) is 0.421. The predicted octanol–water partition coefficient (Wildman–Crippen LogP) is 11.6. The lowest BCUT2D eigenvalue weighted by Gasteiger charge is -2.44. The molecule has 13 heteroatoms.